The fourth-order valence-corrected chi connectivity index (χ4v) is 3.41. The number of nitrogens with zero attached hydrogens (tertiary/aromatic N) is 2. The molecular formula is C16H29IN4S. The van der Waals surface area contributed by atoms with Crippen LogP contribution in [-0.4, -0.2) is 43.1 Å². The molecule has 1 atom stereocenters. The Morgan fingerprint density at radius 3 is 2.68 bits per heavy atom. The predicted molar refractivity (Wildman–Crippen MR) is 107 cm³/mol. The van der Waals surface area contributed by atoms with Gasteiger partial charge in [0.05, 0.1) is 6.54 Å². The van der Waals surface area contributed by atoms with Crippen LogP contribution in [0, 0.1) is 0 Å². The molecule has 1 saturated heterocycles. The maximum Gasteiger partial charge on any atom is 0.191 e. The van der Waals surface area contributed by atoms with Gasteiger partial charge in [-0.2, -0.15) is 11.3 Å². The molecule has 22 heavy (non-hydrogen) atoms. The van der Waals surface area contributed by atoms with Crippen LogP contribution in [0.2, 0.25) is 0 Å². The highest BCUT2D eigenvalue weighted by Crippen LogP contribution is 2.13. The van der Waals surface area contributed by atoms with E-state index in [1.165, 1.54) is 37.9 Å². The SMILES string of the molecule is CCNC(=NCc1ccsc1)NCC(CC)N1CCCC1.I. The number of aliphatic imine (C=N–C) groups is 1. The lowest BCUT2D eigenvalue weighted by Gasteiger charge is -2.27. The first kappa shape index (κ1) is 19.7. The van der Waals surface area contributed by atoms with Crippen molar-refractivity contribution in [2.45, 2.75) is 45.7 Å². The molecule has 1 aliphatic heterocycles. The molecule has 1 aromatic heterocycles. The topological polar surface area (TPSA) is 39.7 Å². The molecule has 0 saturated carbocycles. The van der Waals surface area contributed by atoms with E-state index in [4.69, 9.17) is 0 Å². The van der Waals surface area contributed by atoms with Crippen LogP contribution in [0.15, 0.2) is 21.8 Å². The number of likely N-dealkylation sites (tertiary alicyclic amines) is 1. The van der Waals surface area contributed by atoms with Gasteiger partial charge in [-0.25, -0.2) is 4.99 Å². The summed E-state index contributed by atoms with van der Waals surface area (Å²) in [7, 11) is 0. The van der Waals surface area contributed by atoms with Crippen LogP contribution < -0.4 is 10.6 Å². The average Bonchev–Trinajstić information content (AvgIpc) is 3.18. The number of hydrogen-bond donors (Lipinski definition) is 2. The van der Waals surface area contributed by atoms with Crippen molar-refractivity contribution in [1.82, 2.24) is 15.5 Å². The summed E-state index contributed by atoms with van der Waals surface area (Å²) in [6.07, 6.45) is 3.89. The van der Waals surface area contributed by atoms with Gasteiger partial charge in [0.15, 0.2) is 5.96 Å². The largest absolute Gasteiger partial charge is 0.357 e. The first-order valence-corrected chi connectivity index (χ1v) is 9.05. The van der Waals surface area contributed by atoms with Crippen molar-refractivity contribution in [2.24, 2.45) is 4.99 Å². The van der Waals surface area contributed by atoms with Crippen LogP contribution in [0.25, 0.3) is 0 Å². The Bertz CT molecular complexity index is 416. The molecule has 0 amide bonds. The van der Waals surface area contributed by atoms with Gasteiger partial charge in [-0.3, -0.25) is 4.90 Å². The zero-order valence-electron chi connectivity index (χ0n) is 13.7. The lowest BCUT2D eigenvalue weighted by Crippen LogP contribution is -2.46. The number of halogens is 1. The molecule has 126 valence electrons. The van der Waals surface area contributed by atoms with Gasteiger partial charge in [0.25, 0.3) is 0 Å². The fourth-order valence-electron chi connectivity index (χ4n) is 2.75. The fraction of sp³-hybridized carbons (Fsp3) is 0.688. The van der Waals surface area contributed by atoms with Crippen molar-refractivity contribution in [3.63, 3.8) is 0 Å². The van der Waals surface area contributed by atoms with Crippen molar-refractivity contribution < 1.29 is 0 Å². The summed E-state index contributed by atoms with van der Waals surface area (Å²) in [6, 6.07) is 2.76. The van der Waals surface area contributed by atoms with Crippen LogP contribution in [0.3, 0.4) is 0 Å². The quantitative estimate of drug-likeness (QED) is 0.392. The highest BCUT2D eigenvalue weighted by Gasteiger charge is 2.20. The minimum atomic E-state index is 0. The molecule has 0 radical (unpaired) electrons. The third-order valence-corrected chi connectivity index (χ3v) is 4.71. The van der Waals surface area contributed by atoms with Crippen LogP contribution >= 0.6 is 35.3 Å². The monoisotopic (exact) mass is 436 g/mol. The van der Waals surface area contributed by atoms with Crippen molar-refractivity contribution in [3.05, 3.63) is 22.4 Å². The third-order valence-electron chi connectivity index (χ3n) is 3.98. The molecule has 1 aromatic rings. The second-order valence-electron chi connectivity index (χ2n) is 5.51. The maximum absolute atomic E-state index is 4.67. The maximum atomic E-state index is 4.67. The van der Waals surface area contributed by atoms with Crippen molar-refractivity contribution >= 4 is 41.3 Å². The third kappa shape index (κ3) is 6.42. The molecule has 1 unspecified atom stereocenters. The van der Waals surface area contributed by atoms with E-state index in [1.54, 1.807) is 11.3 Å². The smallest absolute Gasteiger partial charge is 0.191 e. The van der Waals surface area contributed by atoms with E-state index in [1.807, 2.05) is 0 Å². The van der Waals surface area contributed by atoms with E-state index < -0.39 is 0 Å². The van der Waals surface area contributed by atoms with Gasteiger partial charge in [0, 0.05) is 19.1 Å². The van der Waals surface area contributed by atoms with Gasteiger partial charge >= 0.3 is 0 Å². The summed E-state index contributed by atoms with van der Waals surface area (Å²) in [5.41, 5.74) is 1.28. The molecule has 2 rings (SSSR count). The lowest BCUT2D eigenvalue weighted by molar-refractivity contribution is 0.236. The standard InChI is InChI=1S/C16H28N4S.HI/c1-3-15(20-8-5-6-9-20)12-19-16(17-4-2)18-11-14-7-10-21-13-14;/h7,10,13,15H,3-6,8-9,11-12H2,1-2H3,(H2,17,18,19);1H. The second kappa shape index (κ2) is 11.2. The molecule has 1 aliphatic rings. The molecule has 1 fully saturated rings. The van der Waals surface area contributed by atoms with Crippen LogP contribution in [-0.2, 0) is 6.54 Å². The Morgan fingerprint density at radius 2 is 2.09 bits per heavy atom. The van der Waals surface area contributed by atoms with Crippen LogP contribution in [0.5, 0.6) is 0 Å². The minimum absolute atomic E-state index is 0. The summed E-state index contributed by atoms with van der Waals surface area (Å²) in [5.74, 6) is 0.932. The molecule has 0 aromatic carbocycles. The first-order valence-electron chi connectivity index (χ1n) is 8.10. The predicted octanol–water partition coefficient (Wildman–Crippen LogP) is 3.30. The molecule has 0 aliphatic carbocycles. The number of nitrogens with one attached hydrogen (secondary N) is 2. The number of hydrogen-bond acceptors (Lipinski definition) is 3. The molecular weight excluding hydrogens is 407 g/mol. The van der Waals surface area contributed by atoms with Gasteiger partial charge in [0.2, 0.25) is 0 Å². The van der Waals surface area contributed by atoms with Gasteiger partial charge in [-0.15, -0.1) is 24.0 Å². The average molecular weight is 436 g/mol. The lowest BCUT2D eigenvalue weighted by atomic mass is 10.2. The number of rotatable bonds is 7. The van der Waals surface area contributed by atoms with Crippen molar-refractivity contribution in [3.8, 4) is 0 Å². The molecule has 6 heteroatoms. The van der Waals surface area contributed by atoms with Gasteiger partial charge in [0.1, 0.15) is 0 Å². The van der Waals surface area contributed by atoms with E-state index in [-0.39, 0.29) is 24.0 Å². The zero-order chi connectivity index (χ0) is 14.9. The Labute approximate surface area is 155 Å². The van der Waals surface area contributed by atoms with Gasteiger partial charge in [-0.05, 0) is 61.7 Å². The zero-order valence-corrected chi connectivity index (χ0v) is 16.8. The highest BCUT2D eigenvalue weighted by atomic mass is 127. The van der Waals surface area contributed by atoms with Crippen LogP contribution in [0.4, 0.5) is 0 Å². The van der Waals surface area contributed by atoms with E-state index in [2.05, 4.69) is 51.2 Å². The summed E-state index contributed by atoms with van der Waals surface area (Å²) in [6.45, 7) is 9.52. The number of guanidine groups is 1. The summed E-state index contributed by atoms with van der Waals surface area (Å²) < 4.78 is 0. The molecule has 0 bridgehead atoms. The van der Waals surface area contributed by atoms with Gasteiger partial charge < -0.3 is 10.6 Å². The summed E-state index contributed by atoms with van der Waals surface area (Å²) in [4.78, 5) is 7.28. The molecule has 4 nitrogen and oxygen atoms in total. The Kier molecular flexibility index (Phi) is 10.1. The summed E-state index contributed by atoms with van der Waals surface area (Å²) >= 11 is 1.73. The van der Waals surface area contributed by atoms with E-state index >= 15 is 0 Å². The van der Waals surface area contributed by atoms with E-state index in [0.29, 0.717) is 6.04 Å². The molecule has 2 N–H and O–H groups in total. The molecule has 2 heterocycles. The first-order chi connectivity index (χ1) is 10.3. The van der Waals surface area contributed by atoms with Crippen LogP contribution in [0.1, 0.15) is 38.7 Å². The number of thiophene rings is 1. The van der Waals surface area contributed by atoms with Gasteiger partial charge in [-0.1, -0.05) is 6.92 Å². The second-order valence-corrected chi connectivity index (χ2v) is 6.29. The normalized spacial score (nSPS) is 17.1. The van der Waals surface area contributed by atoms with E-state index in [9.17, 15) is 0 Å². The van der Waals surface area contributed by atoms with Crippen molar-refractivity contribution in [1.29, 1.82) is 0 Å². The minimum Gasteiger partial charge on any atom is -0.357 e. The Morgan fingerprint density at radius 1 is 1.32 bits per heavy atom. The Balaban J connectivity index is 0.00000242. The molecule has 0 spiro atoms. The highest BCUT2D eigenvalue weighted by molar-refractivity contribution is 14.0. The summed E-state index contributed by atoms with van der Waals surface area (Å²) in [5, 5.41) is 11.1. The van der Waals surface area contributed by atoms with Crippen molar-refractivity contribution in [2.75, 3.05) is 26.2 Å². The van der Waals surface area contributed by atoms with E-state index in [0.717, 1.165) is 25.6 Å². The Hall–Kier alpha value is -0.340.